The van der Waals surface area contributed by atoms with Crippen molar-refractivity contribution in [3.63, 3.8) is 0 Å². The number of ether oxygens (including phenoxy) is 1. The lowest BCUT2D eigenvalue weighted by Crippen LogP contribution is -2.53. The zero-order valence-electron chi connectivity index (χ0n) is 11.3. The highest BCUT2D eigenvalue weighted by Gasteiger charge is 2.55. The number of methoxy groups -OCH3 is 1. The van der Waals surface area contributed by atoms with Crippen molar-refractivity contribution in [3.05, 3.63) is 0 Å². The van der Waals surface area contributed by atoms with Crippen LogP contribution in [0.3, 0.4) is 0 Å². The van der Waals surface area contributed by atoms with Crippen LogP contribution < -0.4 is 0 Å². The first kappa shape index (κ1) is 15.4. The normalized spacial score (nSPS) is 30.4. The molecule has 0 amide bonds. The maximum atomic E-state index is 11.8. The minimum atomic E-state index is -3.39. The van der Waals surface area contributed by atoms with E-state index >= 15 is 0 Å². The van der Waals surface area contributed by atoms with E-state index in [1.807, 2.05) is 0 Å². The van der Waals surface area contributed by atoms with E-state index < -0.39 is 32.6 Å². The van der Waals surface area contributed by atoms with Crippen molar-refractivity contribution in [2.24, 2.45) is 11.8 Å². The molecule has 1 aliphatic carbocycles. The van der Waals surface area contributed by atoms with E-state index in [4.69, 9.17) is 4.74 Å². The average molecular weight is 278 g/mol. The number of aliphatic hydroxyl groups is 1. The number of sulfone groups is 1. The van der Waals surface area contributed by atoms with E-state index in [1.54, 1.807) is 13.8 Å². The van der Waals surface area contributed by atoms with Crippen LogP contribution in [0.4, 0.5) is 0 Å². The molecule has 1 saturated carbocycles. The third kappa shape index (κ3) is 2.69. The fourth-order valence-corrected chi connectivity index (χ4v) is 4.70. The van der Waals surface area contributed by atoms with Gasteiger partial charge in [-0.1, -0.05) is 13.8 Å². The summed E-state index contributed by atoms with van der Waals surface area (Å²) in [6.45, 7) is 3.58. The van der Waals surface area contributed by atoms with E-state index in [-0.39, 0.29) is 5.92 Å². The van der Waals surface area contributed by atoms with Crippen molar-refractivity contribution >= 4 is 15.8 Å². The van der Waals surface area contributed by atoms with Crippen LogP contribution in [0.25, 0.3) is 0 Å². The van der Waals surface area contributed by atoms with Crippen molar-refractivity contribution in [1.29, 1.82) is 0 Å². The van der Waals surface area contributed by atoms with Gasteiger partial charge in [-0.05, 0) is 25.2 Å². The third-order valence-corrected chi connectivity index (χ3v) is 5.46. The summed E-state index contributed by atoms with van der Waals surface area (Å²) in [5.74, 6) is -1.52. The lowest BCUT2D eigenvalue weighted by Gasteiger charge is -2.37. The van der Waals surface area contributed by atoms with Gasteiger partial charge in [-0.25, -0.2) is 8.42 Å². The fraction of sp³-hybridized carbons (Fsp3) is 0.917. The molecule has 5 nitrogen and oxygen atoms in total. The summed E-state index contributed by atoms with van der Waals surface area (Å²) in [5, 5.41) is 9.86. The second-order valence-corrected chi connectivity index (χ2v) is 7.67. The zero-order valence-corrected chi connectivity index (χ0v) is 12.2. The summed E-state index contributed by atoms with van der Waals surface area (Å²) >= 11 is 0. The summed E-state index contributed by atoms with van der Waals surface area (Å²) < 4.78 is 28.3. The minimum absolute atomic E-state index is 0.176. The highest BCUT2D eigenvalue weighted by molar-refractivity contribution is 7.91. The Kier molecular flexibility index (Phi) is 4.43. The van der Waals surface area contributed by atoms with Crippen LogP contribution >= 0.6 is 0 Å². The number of carbonyl (C=O) groups is 1. The summed E-state index contributed by atoms with van der Waals surface area (Å²) in [6.07, 6.45) is 2.44. The molecule has 0 heterocycles. The quantitative estimate of drug-likeness (QED) is 0.768. The molecular weight excluding hydrogens is 256 g/mol. The van der Waals surface area contributed by atoms with Gasteiger partial charge in [0, 0.05) is 6.26 Å². The van der Waals surface area contributed by atoms with Crippen LogP contribution in [-0.4, -0.2) is 43.7 Å². The second kappa shape index (κ2) is 5.17. The summed E-state index contributed by atoms with van der Waals surface area (Å²) in [4.78, 5) is 11.8. The molecule has 6 heteroatoms. The Morgan fingerprint density at radius 3 is 2.39 bits per heavy atom. The Morgan fingerprint density at radius 2 is 2.00 bits per heavy atom. The average Bonchev–Trinajstić information content (AvgIpc) is 2.59. The van der Waals surface area contributed by atoms with Gasteiger partial charge in [-0.3, -0.25) is 4.79 Å². The van der Waals surface area contributed by atoms with Gasteiger partial charge in [0.25, 0.3) is 0 Å². The summed E-state index contributed by atoms with van der Waals surface area (Å²) in [6, 6.07) is 0. The SMILES string of the molecule is COC(=O)C(C(C)C)C1(O)CCCC1S(C)(=O)=O. The monoisotopic (exact) mass is 278 g/mol. The van der Waals surface area contributed by atoms with Gasteiger partial charge in [-0.15, -0.1) is 0 Å². The largest absolute Gasteiger partial charge is 0.469 e. The third-order valence-electron chi connectivity index (χ3n) is 3.78. The van der Waals surface area contributed by atoms with Crippen LogP contribution in [0.1, 0.15) is 33.1 Å². The van der Waals surface area contributed by atoms with Crippen molar-refractivity contribution < 1.29 is 23.1 Å². The molecule has 0 aromatic heterocycles. The molecule has 3 unspecified atom stereocenters. The minimum Gasteiger partial charge on any atom is -0.469 e. The lowest BCUT2D eigenvalue weighted by atomic mass is 9.78. The van der Waals surface area contributed by atoms with E-state index in [0.717, 1.165) is 6.26 Å². The predicted molar refractivity (Wildman–Crippen MR) is 67.8 cm³/mol. The number of esters is 1. The molecular formula is C12H22O5S. The zero-order chi connectivity index (χ0) is 14.1. The molecule has 0 saturated heterocycles. The molecule has 106 valence electrons. The fourth-order valence-electron chi connectivity index (χ4n) is 3.10. The van der Waals surface area contributed by atoms with Crippen LogP contribution in [0.15, 0.2) is 0 Å². The van der Waals surface area contributed by atoms with Crippen LogP contribution in [-0.2, 0) is 19.4 Å². The smallest absolute Gasteiger partial charge is 0.311 e. The predicted octanol–water partition coefficient (Wildman–Crippen LogP) is 0.760. The van der Waals surface area contributed by atoms with E-state index in [2.05, 4.69) is 0 Å². The van der Waals surface area contributed by atoms with Gasteiger partial charge in [0.15, 0.2) is 9.84 Å². The Labute approximate surface area is 108 Å². The van der Waals surface area contributed by atoms with Crippen molar-refractivity contribution in [3.8, 4) is 0 Å². The van der Waals surface area contributed by atoms with Gasteiger partial charge in [-0.2, -0.15) is 0 Å². The lowest BCUT2D eigenvalue weighted by molar-refractivity contribution is -0.158. The first-order chi connectivity index (χ1) is 8.14. The molecule has 0 aromatic carbocycles. The second-order valence-electron chi connectivity index (χ2n) is 5.45. The standard InChI is InChI=1S/C12H22O5S/c1-8(2)10(11(13)17-3)12(14)7-5-6-9(12)18(4,15)16/h8-10,14H,5-7H2,1-4H3. The molecule has 1 rings (SSSR count). The molecule has 0 aliphatic heterocycles. The van der Waals surface area contributed by atoms with Crippen LogP contribution in [0.2, 0.25) is 0 Å². The van der Waals surface area contributed by atoms with Gasteiger partial charge in [0.1, 0.15) is 0 Å². The van der Waals surface area contributed by atoms with Crippen LogP contribution in [0, 0.1) is 11.8 Å². The summed E-state index contributed by atoms with van der Waals surface area (Å²) in [5.41, 5.74) is -1.51. The highest BCUT2D eigenvalue weighted by Crippen LogP contribution is 2.43. The maximum Gasteiger partial charge on any atom is 0.311 e. The van der Waals surface area contributed by atoms with Crippen molar-refractivity contribution in [2.45, 2.75) is 44.0 Å². The van der Waals surface area contributed by atoms with E-state index in [1.165, 1.54) is 7.11 Å². The van der Waals surface area contributed by atoms with Gasteiger partial charge in [0.05, 0.1) is 23.9 Å². The molecule has 1 fully saturated rings. The summed E-state index contributed by atoms with van der Waals surface area (Å²) in [7, 11) is -2.13. The Balaban J connectivity index is 3.20. The van der Waals surface area contributed by atoms with Crippen molar-refractivity contribution in [2.75, 3.05) is 13.4 Å². The molecule has 18 heavy (non-hydrogen) atoms. The maximum absolute atomic E-state index is 11.8. The topological polar surface area (TPSA) is 80.7 Å². The molecule has 3 atom stereocenters. The van der Waals surface area contributed by atoms with Gasteiger partial charge in [0.2, 0.25) is 0 Å². The molecule has 0 bridgehead atoms. The van der Waals surface area contributed by atoms with Gasteiger partial charge >= 0.3 is 5.97 Å². The van der Waals surface area contributed by atoms with Crippen molar-refractivity contribution in [1.82, 2.24) is 0 Å². The Bertz CT molecular complexity index is 414. The first-order valence-electron chi connectivity index (χ1n) is 6.13. The molecule has 1 aliphatic rings. The first-order valence-corrected chi connectivity index (χ1v) is 8.09. The molecule has 1 N–H and O–H groups in total. The molecule has 0 aromatic rings. The Hall–Kier alpha value is -0.620. The Morgan fingerprint density at radius 1 is 1.44 bits per heavy atom. The molecule has 0 radical (unpaired) electrons. The number of hydrogen-bond donors (Lipinski definition) is 1. The molecule has 0 spiro atoms. The number of carbonyl (C=O) groups excluding carboxylic acids is 1. The van der Waals surface area contributed by atoms with Crippen LogP contribution in [0.5, 0.6) is 0 Å². The highest BCUT2D eigenvalue weighted by atomic mass is 32.2. The van der Waals surface area contributed by atoms with E-state index in [9.17, 15) is 18.3 Å². The number of rotatable bonds is 4. The van der Waals surface area contributed by atoms with E-state index in [0.29, 0.717) is 19.3 Å². The van der Waals surface area contributed by atoms with Gasteiger partial charge < -0.3 is 9.84 Å². The number of hydrogen-bond acceptors (Lipinski definition) is 5.